The molecule has 0 saturated carbocycles. The summed E-state index contributed by atoms with van der Waals surface area (Å²) in [5.41, 5.74) is 7.20. The van der Waals surface area contributed by atoms with E-state index in [-0.39, 0.29) is 5.75 Å². The number of para-hydroxylation sites is 2. The van der Waals surface area contributed by atoms with Crippen LogP contribution in [0, 0.1) is 0 Å². The number of unbranched alkanes of at least 4 members (excludes halogenated alkanes) is 1. The quantitative estimate of drug-likeness (QED) is 0.689. The molecule has 0 aliphatic carbocycles. The molecule has 2 aromatic rings. The van der Waals surface area contributed by atoms with Crippen LogP contribution in [0.4, 0.5) is 0 Å². The Bertz CT molecular complexity index is 575. The third kappa shape index (κ3) is 4.97. The molecule has 2 rings (SSSR count). The third-order valence-electron chi connectivity index (χ3n) is 3.31. The number of benzene rings is 2. The summed E-state index contributed by atoms with van der Waals surface area (Å²) in [7, 11) is 0. The first kappa shape index (κ1) is 16.7. The molecule has 0 spiro atoms. The fourth-order valence-corrected chi connectivity index (χ4v) is 2.99. The van der Waals surface area contributed by atoms with Crippen LogP contribution in [-0.4, -0.2) is 29.8 Å². The highest BCUT2D eigenvalue weighted by atomic mass is 32.2. The van der Waals surface area contributed by atoms with Crippen molar-refractivity contribution in [1.29, 1.82) is 0 Å². The molecule has 2 aromatic carbocycles. The molecule has 0 aliphatic rings. The Labute approximate surface area is 136 Å². The molecule has 0 unspecified atom stereocenters. The molecule has 3 nitrogen and oxygen atoms in total. The second-order valence-corrected chi connectivity index (χ2v) is 6.19. The Balaban J connectivity index is 1.91. The zero-order chi connectivity index (χ0) is 15.6. The van der Waals surface area contributed by atoms with Crippen LogP contribution in [0.15, 0.2) is 48.5 Å². The minimum absolute atomic E-state index is 0.273. The number of phenols is 1. The van der Waals surface area contributed by atoms with Crippen LogP contribution in [0.25, 0.3) is 11.1 Å². The first-order valence-electron chi connectivity index (χ1n) is 7.61. The van der Waals surface area contributed by atoms with Gasteiger partial charge in [-0.05, 0) is 37.3 Å². The van der Waals surface area contributed by atoms with Gasteiger partial charge in [-0.25, -0.2) is 0 Å². The fraction of sp³-hybridized carbons (Fsp3) is 0.333. The topological polar surface area (TPSA) is 55.5 Å². The van der Waals surface area contributed by atoms with E-state index in [2.05, 4.69) is 0 Å². The van der Waals surface area contributed by atoms with Crippen molar-refractivity contribution in [2.24, 2.45) is 5.73 Å². The van der Waals surface area contributed by atoms with Crippen molar-refractivity contribution in [2.45, 2.75) is 12.8 Å². The van der Waals surface area contributed by atoms with Gasteiger partial charge in [-0.2, -0.15) is 11.8 Å². The van der Waals surface area contributed by atoms with E-state index in [0.717, 1.165) is 47.8 Å². The van der Waals surface area contributed by atoms with Gasteiger partial charge in [0, 0.05) is 16.9 Å². The minimum Gasteiger partial charge on any atom is -0.507 e. The van der Waals surface area contributed by atoms with E-state index in [1.54, 1.807) is 6.07 Å². The smallest absolute Gasteiger partial charge is 0.127 e. The first-order valence-corrected chi connectivity index (χ1v) is 8.76. The van der Waals surface area contributed by atoms with Gasteiger partial charge in [-0.3, -0.25) is 0 Å². The molecule has 0 bridgehead atoms. The Morgan fingerprint density at radius 2 is 1.64 bits per heavy atom. The van der Waals surface area contributed by atoms with Crippen LogP contribution >= 0.6 is 11.8 Å². The number of rotatable bonds is 9. The van der Waals surface area contributed by atoms with E-state index < -0.39 is 0 Å². The van der Waals surface area contributed by atoms with E-state index >= 15 is 0 Å². The maximum atomic E-state index is 10.0. The maximum absolute atomic E-state index is 10.0. The molecule has 0 saturated heterocycles. The number of hydrogen-bond donors (Lipinski definition) is 2. The summed E-state index contributed by atoms with van der Waals surface area (Å²) in [6.45, 7) is 1.43. The van der Waals surface area contributed by atoms with E-state index in [1.165, 1.54) is 0 Å². The average Bonchev–Trinajstić information content (AvgIpc) is 2.55. The van der Waals surface area contributed by atoms with E-state index in [4.69, 9.17) is 10.5 Å². The highest BCUT2D eigenvalue weighted by Gasteiger charge is 2.09. The lowest BCUT2D eigenvalue weighted by atomic mass is 10.0. The second kappa shape index (κ2) is 9.38. The molecule has 4 heteroatoms. The molecule has 0 radical (unpaired) electrons. The highest BCUT2D eigenvalue weighted by Crippen LogP contribution is 2.35. The molecule has 0 fully saturated rings. The molecule has 22 heavy (non-hydrogen) atoms. The van der Waals surface area contributed by atoms with Gasteiger partial charge in [0.1, 0.15) is 11.5 Å². The Morgan fingerprint density at radius 1 is 0.909 bits per heavy atom. The zero-order valence-electron chi connectivity index (χ0n) is 12.7. The average molecular weight is 317 g/mol. The lowest BCUT2D eigenvalue weighted by Crippen LogP contribution is -2.03. The Morgan fingerprint density at radius 3 is 2.41 bits per heavy atom. The van der Waals surface area contributed by atoms with Gasteiger partial charge in [-0.1, -0.05) is 36.4 Å². The van der Waals surface area contributed by atoms with Gasteiger partial charge in [0.05, 0.1) is 6.61 Å². The molecule has 118 valence electrons. The van der Waals surface area contributed by atoms with E-state index in [0.29, 0.717) is 6.61 Å². The van der Waals surface area contributed by atoms with Crippen molar-refractivity contribution in [2.75, 3.05) is 24.7 Å². The summed E-state index contributed by atoms with van der Waals surface area (Å²) in [5, 5.41) is 10.0. The molecule has 0 atom stereocenters. The number of thioether (sulfide) groups is 1. The SMILES string of the molecule is NCCCCSCCOc1ccccc1-c1ccccc1O. The van der Waals surface area contributed by atoms with Crippen LogP contribution in [0.5, 0.6) is 11.5 Å². The van der Waals surface area contributed by atoms with Crippen molar-refractivity contribution < 1.29 is 9.84 Å². The lowest BCUT2D eigenvalue weighted by molar-refractivity contribution is 0.345. The normalized spacial score (nSPS) is 10.6. The van der Waals surface area contributed by atoms with Gasteiger partial charge in [-0.15, -0.1) is 0 Å². The number of phenolic OH excluding ortho intramolecular Hbond substituents is 1. The first-order chi connectivity index (χ1) is 10.8. The number of hydrogen-bond acceptors (Lipinski definition) is 4. The molecule has 0 aliphatic heterocycles. The van der Waals surface area contributed by atoms with E-state index in [1.807, 2.05) is 54.2 Å². The predicted molar refractivity (Wildman–Crippen MR) is 94.7 cm³/mol. The van der Waals surface area contributed by atoms with Crippen molar-refractivity contribution in [3.63, 3.8) is 0 Å². The van der Waals surface area contributed by atoms with Crippen molar-refractivity contribution in [1.82, 2.24) is 0 Å². The van der Waals surface area contributed by atoms with Crippen LogP contribution in [0.2, 0.25) is 0 Å². The number of ether oxygens (including phenoxy) is 1. The van der Waals surface area contributed by atoms with Gasteiger partial charge >= 0.3 is 0 Å². The largest absolute Gasteiger partial charge is 0.507 e. The zero-order valence-corrected chi connectivity index (χ0v) is 13.5. The molecule has 0 heterocycles. The van der Waals surface area contributed by atoms with Gasteiger partial charge < -0.3 is 15.6 Å². The minimum atomic E-state index is 0.273. The standard InChI is InChI=1S/C18H23NO2S/c19-11-5-6-13-22-14-12-21-18-10-4-2-8-16(18)15-7-1-3-9-17(15)20/h1-4,7-10,20H,5-6,11-14,19H2. The fourth-order valence-electron chi connectivity index (χ4n) is 2.18. The van der Waals surface area contributed by atoms with Crippen LogP contribution in [-0.2, 0) is 0 Å². The van der Waals surface area contributed by atoms with E-state index in [9.17, 15) is 5.11 Å². The van der Waals surface area contributed by atoms with Crippen molar-refractivity contribution in [3.8, 4) is 22.6 Å². The molecule has 3 N–H and O–H groups in total. The summed E-state index contributed by atoms with van der Waals surface area (Å²) < 4.78 is 5.90. The van der Waals surface area contributed by atoms with Gasteiger partial charge in [0.2, 0.25) is 0 Å². The molecular weight excluding hydrogens is 294 g/mol. The summed E-state index contributed by atoms with van der Waals surface area (Å²) in [4.78, 5) is 0. The predicted octanol–water partition coefficient (Wildman–Crippen LogP) is 3.91. The Kier molecular flexibility index (Phi) is 7.13. The highest BCUT2D eigenvalue weighted by molar-refractivity contribution is 7.99. The number of aromatic hydroxyl groups is 1. The summed E-state index contributed by atoms with van der Waals surface area (Å²) in [6.07, 6.45) is 2.25. The summed E-state index contributed by atoms with van der Waals surface area (Å²) in [6, 6.07) is 15.2. The molecule has 0 amide bonds. The second-order valence-electron chi connectivity index (χ2n) is 4.97. The van der Waals surface area contributed by atoms with Crippen molar-refractivity contribution in [3.05, 3.63) is 48.5 Å². The maximum Gasteiger partial charge on any atom is 0.127 e. The molecule has 0 aromatic heterocycles. The van der Waals surface area contributed by atoms with Crippen molar-refractivity contribution >= 4 is 11.8 Å². The monoisotopic (exact) mass is 317 g/mol. The van der Waals surface area contributed by atoms with Crippen LogP contribution < -0.4 is 10.5 Å². The Hall–Kier alpha value is -1.65. The van der Waals surface area contributed by atoms with Gasteiger partial charge in [0.15, 0.2) is 0 Å². The summed E-state index contributed by atoms with van der Waals surface area (Å²) in [5.74, 6) is 3.17. The summed E-state index contributed by atoms with van der Waals surface area (Å²) >= 11 is 1.89. The lowest BCUT2D eigenvalue weighted by Gasteiger charge is -2.12. The number of nitrogens with two attached hydrogens (primary N) is 1. The van der Waals surface area contributed by atoms with Crippen LogP contribution in [0.3, 0.4) is 0 Å². The van der Waals surface area contributed by atoms with Gasteiger partial charge in [0.25, 0.3) is 0 Å². The van der Waals surface area contributed by atoms with Crippen LogP contribution in [0.1, 0.15) is 12.8 Å². The third-order valence-corrected chi connectivity index (χ3v) is 4.34. The molecular formula is C18H23NO2S.